The van der Waals surface area contributed by atoms with Gasteiger partial charge in [0.25, 0.3) is 17.4 Å². The summed E-state index contributed by atoms with van der Waals surface area (Å²) in [6.45, 7) is 2.16. The Labute approximate surface area is 243 Å². The van der Waals surface area contributed by atoms with E-state index < -0.39 is 6.17 Å². The number of amides is 3. The van der Waals surface area contributed by atoms with Crippen LogP contribution < -0.4 is 19.9 Å². The summed E-state index contributed by atoms with van der Waals surface area (Å²) in [5, 5.41) is 0. The number of anilines is 1. The molecular formula is C32H32N4O6. The van der Waals surface area contributed by atoms with E-state index in [4.69, 9.17) is 9.47 Å². The molecule has 3 amide bonds. The fraction of sp³-hybridized carbons (Fsp3) is 0.375. The Morgan fingerprint density at radius 2 is 1.74 bits per heavy atom. The van der Waals surface area contributed by atoms with E-state index in [1.807, 2.05) is 27.7 Å². The quantitative estimate of drug-likeness (QED) is 0.452. The van der Waals surface area contributed by atoms with Crippen LogP contribution in [0.4, 0.5) is 5.69 Å². The van der Waals surface area contributed by atoms with Gasteiger partial charge in [-0.05, 0) is 43.0 Å². The first-order chi connectivity index (χ1) is 20.4. The summed E-state index contributed by atoms with van der Waals surface area (Å²) in [6, 6.07) is 16.1. The molecule has 0 N–H and O–H groups in total. The molecule has 2 bridgehead atoms. The van der Waals surface area contributed by atoms with Crippen molar-refractivity contribution >= 4 is 23.4 Å². The Morgan fingerprint density at radius 3 is 2.55 bits per heavy atom. The lowest BCUT2D eigenvalue weighted by atomic mass is 9.83. The predicted molar refractivity (Wildman–Crippen MR) is 154 cm³/mol. The van der Waals surface area contributed by atoms with Crippen LogP contribution in [0.15, 0.2) is 59.4 Å². The van der Waals surface area contributed by atoms with E-state index in [0.717, 1.165) is 12.1 Å². The zero-order valence-corrected chi connectivity index (χ0v) is 23.6. The number of rotatable bonds is 6. The predicted octanol–water partition coefficient (Wildman–Crippen LogP) is 3.41. The number of pyridine rings is 1. The first-order valence-electron chi connectivity index (χ1n) is 14.4. The maximum atomic E-state index is 13.9. The number of piperidine rings is 1. The zero-order chi connectivity index (χ0) is 29.1. The fourth-order valence-electron chi connectivity index (χ4n) is 7.31. The third kappa shape index (κ3) is 3.92. The lowest BCUT2D eigenvalue weighted by molar-refractivity contribution is -0.134. The number of hydrogen-bond acceptors (Lipinski definition) is 6. The van der Waals surface area contributed by atoms with Crippen molar-refractivity contribution in [3.05, 3.63) is 87.3 Å². The molecule has 3 atom stereocenters. The van der Waals surface area contributed by atoms with Crippen molar-refractivity contribution in [2.24, 2.45) is 5.92 Å². The molecule has 0 saturated carbocycles. The molecule has 0 aliphatic carbocycles. The minimum absolute atomic E-state index is 0.0202. The SMILES string of the molecule is COc1ccc2c(c1OC)C(=O)N1c3ccccc3C(=O)N(CCCC(=O)N3C[C@@H]4C[C@H](C3)c3cccc(=O)n3C4)[C@H]21. The molecule has 4 aliphatic rings. The van der Waals surface area contributed by atoms with E-state index >= 15 is 0 Å². The molecule has 5 heterocycles. The van der Waals surface area contributed by atoms with Crippen molar-refractivity contribution < 1.29 is 23.9 Å². The molecule has 0 spiro atoms. The second-order valence-corrected chi connectivity index (χ2v) is 11.4. The van der Waals surface area contributed by atoms with Crippen LogP contribution in [0.3, 0.4) is 0 Å². The summed E-state index contributed by atoms with van der Waals surface area (Å²) in [7, 11) is 3.02. The van der Waals surface area contributed by atoms with E-state index in [1.165, 1.54) is 14.2 Å². The Hall–Kier alpha value is -4.60. The second-order valence-electron chi connectivity index (χ2n) is 11.4. The minimum atomic E-state index is -0.644. The van der Waals surface area contributed by atoms with E-state index in [0.29, 0.717) is 66.5 Å². The van der Waals surface area contributed by atoms with Gasteiger partial charge in [-0.3, -0.25) is 24.1 Å². The number of carbonyl (C=O) groups excluding carboxylic acids is 3. The first kappa shape index (κ1) is 26.3. The van der Waals surface area contributed by atoms with Crippen molar-refractivity contribution in [2.45, 2.75) is 37.9 Å². The van der Waals surface area contributed by atoms with Crippen molar-refractivity contribution in [3.8, 4) is 11.5 Å². The van der Waals surface area contributed by atoms with Crippen LogP contribution in [0.25, 0.3) is 0 Å². The zero-order valence-electron chi connectivity index (χ0n) is 23.6. The van der Waals surface area contributed by atoms with Gasteiger partial charge in [-0.15, -0.1) is 0 Å². The van der Waals surface area contributed by atoms with Crippen molar-refractivity contribution in [2.75, 3.05) is 38.8 Å². The molecule has 216 valence electrons. The number of hydrogen-bond donors (Lipinski definition) is 0. The number of likely N-dealkylation sites (tertiary alicyclic amines) is 1. The average molecular weight is 569 g/mol. The van der Waals surface area contributed by atoms with Gasteiger partial charge < -0.3 is 23.8 Å². The summed E-state index contributed by atoms with van der Waals surface area (Å²) in [6.07, 6.45) is 1.07. The van der Waals surface area contributed by atoms with E-state index in [9.17, 15) is 19.2 Å². The summed E-state index contributed by atoms with van der Waals surface area (Å²) >= 11 is 0. The number of nitrogens with zero attached hydrogens (tertiary/aromatic N) is 4. The lowest BCUT2D eigenvalue weighted by Gasteiger charge is -2.43. The number of ether oxygens (including phenoxy) is 2. The number of benzene rings is 2. The number of carbonyl (C=O) groups is 3. The molecule has 3 aromatic rings. The Bertz CT molecular complexity index is 1680. The molecule has 2 aromatic carbocycles. The molecule has 1 aromatic heterocycles. The van der Waals surface area contributed by atoms with E-state index in [2.05, 4.69) is 0 Å². The van der Waals surface area contributed by atoms with Crippen molar-refractivity contribution in [1.82, 2.24) is 14.4 Å². The number of aromatic nitrogens is 1. The third-order valence-corrected chi connectivity index (χ3v) is 9.11. The molecule has 0 radical (unpaired) electrons. The van der Waals surface area contributed by atoms with Crippen LogP contribution in [-0.2, 0) is 11.3 Å². The molecule has 7 rings (SSSR count). The van der Waals surface area contributed by atoms with Crippen molar-refractivity contribution in [3.63, 3.8) is 0 Å². The molecule has 4 aliphatic heterocycles. The monoisotopic (exact) mass is 568 g/mol. The average Bonchev–Trinajstić information content (AvgIpc) is 3.30. The third-order valence-electron chi connectivity index (χ3n) is 9.11. The lowest BCUT2D eigenvalue weighted by Crippen LogP contribution is -2.50. The fourth-order valence-corrected chi connectivity index (χ4v) is 7.31. The number of para-hydroxylation sites is 1. The van der Waals surface area contributed by atoms with Gasteiger partial charge in [0.2, 0.25) is 5.91 Å². The molecule has 1 saturated heterocycles. The van der Waals surface area contributed by atoms with Gasteiger partial charge >= 0.3 is 0 Å². The van der Waals surface area contributed by atoms with Gasteiger partial charge in [0.05, 0.1) is 31.0 Å². The van der Waals surface area contributed by atoms with Gasteiger partial charge in [0, 0.05) is 55.8 Å². The number of methoxy groups -OCH3 is 2. The molecule has 10 nitrogen and oxygen atoms in total. The van der Waals surface area contributed by atoms with Gasteiger partial charge in [-0.25, -0.2) is 0 Å². The maximum Gasteiger partial charge on any atom is 0.264 e. The smallest absolute Gasteiger partial charge is 0.264 e. The van der Waals surface area contributed by atoms with Crippen LogP contribution in [0.2, 0.25) is 0 Å². The van der Waals surface area contributed by atoms with Gasteiger partial charge in [0.1, 0.15) is 6.17 Å². The molecule has 10 heteroatoms. The standard InChI is InChI=1S/C32H32N4O6/c1-41-25-13-12-22-28(29(25)42-2)32(40)36-24-8-4-3-7-21(24)31(39)34(30(22)36)14-6-11-26(37)33-16-19-15-20(18-33)23-9-5-10-27(38)35(23)17-19/h3-5,7-10,12-13,19-20,30H,6,11,14-18H2,1-2H3/t19-,20+,30-/m0/s1. The highest BCUT2D eigenvalue weighted by Crippen LogP contribution is 2.49. The number of fused-ring (bicyclic) bond motifs is 9. The van der Waals surface area contributed by atoms with Gasteiger partial charge in [0.15, 0.2) is 11.5 Å². The van der Waals surface area contributed by atoms with Crippen LogP contribution in [0.1, 0.15) is 63.3 Å². The Kier molecular flexibility index (Phi) is 6.29. The summed E-state index contributed by atoms with van der Waals surface area (Å²) in [5.41, 5.74) is 3.08. The normalized spacial score (nSPS) is 21.9. The second kappa shape index (κ2) is 10.0. The van der Waals surface area contributed by atoms with Crippen LogP contribution in [0.5, 0.6) is 11.5 Å². The Morgan fingerprint density at radius 1 is 0.905 bits per heavy atom. The van der Waals surface area contributed by atoms with Gasteiger partial charge in [-0.1, -0.05) is 24.3 Å². The highest BCUT2D eigenvalue weighted by Gasteiger charge is 2.49. The highest BCUT2D eigenvalue weighted by molar-refractivity contribution is 6.18. The van der Waals surface area contributed by atoms with E-state index in [-0.39, 0.29) is 41.5 Å². The maximum absolute atomic E-state index is 13.9. The largest absolute Gasteiger partial charge is 0.493 e. The molecule has 0 unspecified atom stereocenters. The summed E-state index contributed by atoms with van der Waals surface area (Å²) < 4.78 is 12.9. The molecule has 42 heavy (non-hydrogen) atoms. The van der Waals surface area contributed by atoms with Crippen LogP contribution in [-0.4, -0.2) is 65.9 Å². The van der Waals surface area contributed by atoms with Crippen LogP contribution in [0, 0.1) is 5.92 Å². The summed E-state index contributed by atoms with van der Waals surface area (Å²) in [4.78, 5) is 58.7. The Balaban J connectivity index is 1.12. The highest BCUT2D eigenvalue weighted by atomic mass is 16.5. The molecule has 1 fully saturated rings. The first-order valence-corrected chi connectivity index (χ1v) is 14.4. The summed E-state index contributed by atoms with van der Waals surface area (Å²) in [5.74, 6) is 0.802. The van der Waals surface area contributed by atoms with Crippen LogP contribution >= 0.6 is 0 Å². The topological polar surface area (TPSA) is 101 Å². The van der Waals surface area contributed by atoms with Crippen molar-refractivity contribution in [1.29, 1.82) is 0 Å². The minimum Gasteiger partial charge on any atom is -0.493 e. The van der Waals surface area contributed by atoms with Gasteiger partial charge in [-0.2, -0.15) is 0 Å². The molecular weight excluding hydrogens is 536 g/mol. The van der Waals surface area contributed by atoms with E-state index in [1.54, 1.807) is 46.2 Å².